The summed E-state index contributed by atoms with van der Waals surface area (Å²) in [4.78, 5) is 2.39. The van der Waals surface area contributed by atoms with E-state index in [0.29, 0.717) is 13.2 Å². The van der Waals surface area contributed by atoms with Gasteiger partial charge in [0.15, 0.2) is 0 Å². The molecule has 1 aliphatic heterocycles. The van der Waals surface area contributed by atoms with Crippen LogP contribution >= 0.6 is 15.9 Å². The molecule has 2 rings (SSSR count). The molecule has 0 aromatic carbocycles. The third-order valence-electron chi connectivity index (χ3n) is 4.22. The van der Waals surface area contributed by atoms with Gasteiger partial charge in [-0.2, -0.15) is 5.10 Å². The first-order valence-corrected chi connectivity index (χ1v) is 8.06. The molecule has 0 amide bonds. The van der Waals surface area contributed by atoms with E-state index in [1.54, 1.807) is 13.3 Å². The zero-order valence-corrected chi connectivity index (χ0v) is 14.6. The monoisotopic (exact) mass is 360 g/mol. The second-order valence-corrected chi connectivity index (χ2v) is 6.68. The Morgan fingerprint density at radius 1 is 1.48 bits per heavy atom. The summed E-state index contributed by atoms with van der Waals surface area (Å²) in [5.41, 5.74) is 7.45. The fraction of sp³-hybridized carbons (Fsp3) is 0.786. The topological polar surface area (TPSA) is 65.5 Å². The molecule has 6 nitrogen and oxygen atoms in total. The highest BCUT2D eigenvalue weighted by molar-refractivity contribution is 9.10. The first-order chi connectivity index (χ1) is 9.98. The minimum Gasteiger partial charge on any atom is -0.383 e. The Bertz CT molecular complexity index is 458. The van der Waals surface area contributed by atoms with Gasteiger partial charge in [0.1, 0.15) is 0 Å². The number of hydrogen-bond donors (Lipinski definition) is 1. The van der Waals surface area contributed by atoms with Gasteiger partial charge in [-0.3, -0.25) is 9.58 Å². The smallest absolute Gasteiger partial charge is 0.0713 e. The SMILES string of the molecule is COCCn1ncc(Br)c1C(N)C(C)(C)N1CCOCC1. The summed E-state index contributed by atoms with van der Waals surface area (Å²) >= 11 is 3.58. The number of nitrogens with two attached hydrogens (primary N) is 1. The lowest BCUT2D eigenvalue weighted by molar-refractivity contribution is -0.0201. The van der Waals surface area contributed by atoms with Crippen LogP contribution in [0, 0.1) is 0 Å². The zero-order valence-electron chi connectivity index (χ0n) is 13.0. The molecule has 2 heterocycles. The van der Waals surface area contributed by atoms with Crippen molar-refractivity contribution in [3.63, 3.8) is 0 Å². The molecule has 7 heteroatoms. The van der Waals surface area contributed by atoms with Gasteiger partial charge in [0.2, 0.25) is 0 Å². The van der Waals surface area contributed by atoms with Crippen molar-refractivity contribution in [2.45, 2.75) is 32.0 Å². The Kier molecular flexibility index (Phi) is 5.79. The predicted molar refractivity (Wildman–Crippen MR) is 85.2 cm³/mol. The van der Waals surface area contributed by atoms with Gasteiger partial charge in [0.05, 0.1) is 48.8 Å². The molecule has 120 valence electrons. The Balaban J connectivity index is 2.21. The standard InChI is InChI=1S/C14H25BrN4O2/c1-14(2,18-4-8-21-9-5-18)13(16)12-11(15)10-17-19(12)6-7-20-3/h10,13H,4-9,16H2,1-3H3. The van der Waals surface area contributed by atoms with Gasteiger partial charge >= 0.3 is 0 Å². The average Bonchev–Trinajstić information content (AvgIpc) is 2.86. The number of nitrogens with zero attached hydrogens (tertiary/aromatic N) is 3. The summed E-state index contributed by atoms with van der Waals surface area (Å²) in [6.45, 7) is 9.03. The van der Waals surface area contributed by atoms with Crippen molar-refractivity contribution in [2.24, 2.45) is 5.73 Å². The first kappa shape index (κ1) is 16.9. The number of hydrogen-bond acceptors (Lipinski definition) is 5. The quantitative estimate of drug-likeness (QED) is 0.830. The molecule has 1 unspecified atom stereocenters. The van der Waals surface area contributed by atoms with Gasteiger partial charge < -0.3 is 15.2 Å². The summed E-state index contributed by atoms with van der Waals surface area (Å²) in [5.74, 6) is 0. The van der Waals surface area contributed by atoms with Crippen LogP contribution in [-0.4, -0.2) is 60.2 Å². The van der Waals surface area contributed by atoms with E-state index in [-0.39, 0.29) is 11.6 Å². The minimum absolute atomic E-state index is 0.149. The lowest BCUT2D eigenvalue weighted by Crippen LogP contribution is -2.55. The number of aromatic nitrogens is 2. The molecular weight excluding hydrogens is 336 g/mol. The second kappa shape index (κ2) is 7.19. The van der Waals surface area contributed by atoms with E-state index in [4.69, 9.17) is 15.2 Å². The predicted octanol–water partition coefficient (Wildman–Crippen LogP) is 1.40. The maximum absolute atomic E-state index is 6.61. The number of halogens is 1. The van der Waals surface area contributed by atoms with Gasteiger partial charge in [0.25, 0.3) is 0 Å². The van der Waals surface area contributed by atoms with Crippen molar-refractivity contribution in [3.05, 3.63) is 16.4 Å². The molecule has 0 saturated carbocycles. The van der Waals surface area contributed by atoms with E-state index >= 15 is 0 Å². The van der Waals surface area contributed by atoms with Gasteiger partial charge in [-0.1, -0.05) is 0 Å². The van der Waals surface area contributed by atoms with Crippen LogP contribution in [0.2, 0.25) is 0 Å². The van der Waals surface area contributed by atoms with Crippen molar-refractivity contribution in [3.8, 4) is 0 Å². The Hall–Kier alpha value is -0.470. The van der Waals surface area contributed by atoms with Crippen LogP contribution in [-0.2, 0) is 16.0 Å². The van der Waals surface area contributed by atoms with Crippen LogP contribution < -0.4 is 5.73 Å². The van der Waals surface area contributed by atoms with Crippen molar-refractivity contribution in [1.29, 1.82) is 0 Å². The summed E-state index contributed by atoms with van der Waals surface area (Å²) < 4.78 is 13.5. The first-order valence-electron chi connectivity index (χ1n) is 7.27. The number of rotatable bonds is 6. The van der Waals surface area contributed by atoms with Crippen molar-refractivity contribution in [2.75, 3.05) is 40.0 Å². The second-order valence-electron chi connectivity index (χ2n) is 5.82. The van der Waals surface area contributed by atoms with E-state index in [1.165, 1.54) is 0 Å². The molecule has 0 spiro atoms. The van der Waals surface area contributed by atoms with Crippen LogP contribution in [0.5, 0.6) is 0 Å². The highest BCUT2D eigenvalue weighted by Crippen LogP contribution is 2.33. The van der Waals surface area contributed by atoms with E-state index in [2.05, 4.69) is 39.8 Å². The summed E-state index contributed by atoms with van der Waals surface area (Å²) in [6, 6.07) is -0.149. The van der Waals surface area contributed by atoms with Crippen molar-refractivity contribution < 1.29 is 9.47 Å². The van der Waals surface area contributed by atoms with Crippen LogP contribution in [0.25, 0.3) is 0 Å². The molecule has 1 fully saturated rings. The van der Waals surface area contributed by atoms with Gasteiger partial charge in [-0.05, 0) is 29.8 Å². The summed E-state index contributed by atoms with van der Waals surface area (Å²) in [6.07, 6.45) is 1.81. The molecule has 1 aromatic heterocycles. The average molecular weight is 361 g/mol. The summed E-state index contributed by atoms with van der Waals surface area (Å²) in [5, 5.41) is 4.40. The molecule has 2 N–H and O–H groups in total. The minimum atomic E-state index is -0.169. The van der Waals surface area contributed by atoms with Gasteiger partial charge in [0, 0.05) is 25.7 Å². The third-order valence-corrected chi connectivity index (χ3v) is 4.83. The molecule has 0 bridgehead atoms. The normalized spacial score (nSPS) is 18.9. The third kappa shape index (κ3) is 3.65. The fourth-order valence-corrected chi connectivity index (χ4v) is 3.25. The molecule has 1 saturated heterocycles. The maximum atomic E-state index is 6.61. The van der Waals surface area contributed by atoms with E-state index < -0.39 is 0 Å². The molecule has 21 heavy (non-hydrogen) atoms. The Morgan fingerprint density at radius 2 is 2.14 bits per heavy atom. The van der Waals surface area contributed by atoms with E-state index in [1.807, 2.05) is 4.68 Å². The molecule has 1 atom stereocenters. The molecule has 0 radical (unpaired) electrons. The lowest BCUT2D eigenvalue weighted by Gasteiger charge is -2.44. The van der Waals surface area contributed by atoms with Crippen molar-refractivity contribution in [1.82, 2.24) is 14.7 Å². The Labute approximate surface area is 134 Å². The number of ether oxygens (including phenoxy) is 2. The lowest BCUT2D eigenvalue weighted by atomic mass is 9.90. The van der Waals surface area contributed by atoms with Gasteiger partial charge in [-0.25, -0.2) is 0 Å². The van der Waals surface area contributed by atoms with E-state index in [9.17, 15) is 0 Å². The Morgan fingerprint density at radius 3 is 2.76 bits per heavy atom. The van der Waals surface area contributed by atoms with Crippen LogP contribution in [0.4, 0.5) is 0 Å². The molecular formula is C14H25BrN4O2. The van der Waals surface area contributed by atoms with Crippen LogP contribution in [0.1, 0.15) is 25.6 Å². The fourth-order valence-electron chi connectivity index (χ4n) is 2.71. The zero-order chi connectivity index (χ0) is 15.5. The van der Waals surface area contributed by atoms with Gasteiger partial charge in [-0.15, -0.1) is 0 Å². The molecule has 1 aromatic rings. The number of methoxy groups -OCH3 is 1. The van der Waals surface area contributed by atoms with Crippen molar-refractivity contribution >= 4 is 15.9 Å². The number of morpholine rings is 1. The van der Waals surface area contributed by atoms with E-state index in [0.717, 1.165) is 36.5 Å². The highest BCUT2D eigenvalue weighted by atomic mass is 79.9. The highest BCUT2D eigenvalue weighted by Gasteiger charge is 2.37. The van der Waals surface area contributed by atoms with Crippen LogP contribution in [0.15, 0.2) is 10.7 Å². The largest absolute Gasteiger partial charge is 0.383 e. The van der Waals surface area contributed by atoms with Crippen LogP contribution in [0.3, 0.4) is 0 Å². The maximum Gasteiger partial charge on any atom is 0.0713 e. The summed E-state index contributed by atoms with van der Waals surface area (Å²) in [7, 11) is 1.69. The molecule has 0 aliphatic carbocycles. The molecule has 1 aliphatic rings.